The zero-order valence-corrected chi connectivity index (χ0v) is 22.4. The van der Waals surface area contributed by atoms with Crippen LogP contribution in [0.15, 0.2) is 18.3 Å². The number of aromatic nitrogens is 1. The molecule has 0 spiro atoms. The van der Waals surface area contributed by atoms with E-state index in [9.17, 15) is 20.1 Å². The lowest BCUT2D eigenvalue weighted by atomic mass is 10.0. The van der Waals surface area contributed by atoms with Crippen LogP contribution < -0.4 is 10.2 Å². The first-order valence-electron chi connectivity index (χ1n) is 14.3. The van der Waals surface area contributed by atoms with Gasteiger partial charge in [0, 0.05) is 38.9 Å². The number of pyridine rings is 1. The average Bonchev–Trinajstić information content (AvgIpc) is 2.92. The molecule has 2 rings (SSSR count). The number of nitrogens with one attached hydrogen (secondary N) is 1. The number of carbonyl (C=O) groups excluding carboxylic acids is 1. The van der Waals surface area contributed by atoms with Crippen molar-refractivity contribution < 1.29 is 14.7 Å². The number of hydrogen-bond donors (Lipinski definition) is 1. The van der Waals surface area contributed by atoms with Crippen LogP contribution in [-0.4, -0.2) is 60.4 Å². The minimum atomic E-state index is -0.723. The highest BCUT2D eigenvalue weighted by atomic mass is 16.9. The van der Waals surface area contributed by atoms with Crippen molar-refractivity contribution >= 4 is 11.7 Å². The lowest BCUT2D eigenvalue weighted by Crippen LogP contribution is -2.43. The van der Waals surface area contributed by atoms with E-state index in [2.05, 4.69) is 20.0 Å². The van der Waals surface area contributed by atoms with Gasteiger partial charge in [0.05, 0.1) is 12.2 Å². The Balaban J connectivity index is 1.37. The molecule has 1 aliphatic rings. The normalized spacial score (nSPS) is 13.5. The number of nitrogens with zero attached hydrogens (tertiary/aromatic N) is 4. The van der Waals surface area contributed by atoms with Crippen LogP contribution in [0.3, 0.4) is 0 Å². The van der Waals surface area contributed by atoms with Gasteiger partial charge < -0.3 is 25.3 Å². The summed E-state index contributed by atoms with van der Waals surface area (Å²) in [6.07, 6.45) is 18.5. The Morgan fingerprint density at radius 3 is 1.89 bits per heavy atom. The minimum absolute atomic E-state index is 0.217. The van der Waals surface area contributed by atoms with Crippen LogP contribution in [0, 0.1) is 15.3 Å². The van der Waals surface area contributed by atoms with Crippen LogP contribution in [0.1, 0.15) is 107 Å². The first-order chi connectivity index (χ1) is 18.1. The van der Waals surface area contributed by atoms with Gasteiger partial charge >= 0.3 is 0 Å². The average molecular weight is 521 g/mol. The molecule has 0 saturated carbocycles. The number of carbonyl (C=O) groups is 1. The van der Waals surface area contributed by atoms with Crippen molar-refractivity contribution in [3.8, 4) is 0 Å². The minimum Gasteiger partial charge on any atom is -0.756 e. The number of hydrogen-bond acceptors (Lipinski definition) is 8. The molecule has 37 heavy (non-hydrogen) atoms. The Morgan fingerprint density at radius 1 is 0.892 bits per heavy atom. The highest BCUT2D eigenvalue weighted by Gasteiger charge is 2.13. The molecule has 0 bridgehead atoms. The molecule has 0 unspecified atom stereocenters. The number of hydroxylamine groups is 2. The first-order valence-corrected chi connectivity index (χ1v) is 14.3. The number of piperazine rings is 1. The van der Waals surface area contributed by atoms with Crippen LogP contribution in [-0.2, 0) is 4.84 Å². The van der Waals surface area contributed by atoms with Gasteiger partial charge in [0.15, 0.2) is 0 Å². The zero-order chi connectivity index (χ0) is 26.6. The quantitative estimate of drug-likeness (QED) is 0.128. The fraction of sp³-hybridized carbons (Fsp3) is 0.778. The van der Waals surface area contributed by atoms with Crippen LogP contribution in [0.25, 0.3) is 0 Å². The third kappa shape index (κ3) is 14.2. The Morgan fingerprint density at radius 2 is 1.41 bits per heavy atom. The lowest BCUT2D eigenvalue weighted by molar-refractivity contribution is -0.757. The monoisotopic (exact) mass is 520 g/mol. The second-order valence-electron chi connectivity index (χ2n) is 9.91. The van der Waals surface area contributed by atoms with Crippen molar-refractivity contribution in [3.05, 3.63) is 39.2 Å². The Kier molecular flexibility index (Phi) is 16.3. The van der Waals surface area contributed by atoms with Gasteiger partial charge in [0.25, 0.3) is 5.09 Å². The van der Waals surface area contributed by atoms with E-state index in [4.69, 9.17) is 0 Å². The van der Waals surface area contributed by atoms with E-state index >= 15 is 0 Å². The second kappa shape index (κ2) is 19.6. The van der Waals surface area contributed by atoms with Gasteiger partial charge in [-0.1, -0.05) is 83.5 Å². The Labute approximate surface area is 221 Å². The fourth-order valence-electron chi connectivity index (χ4n) is 4.63. The number of amides is 1. The molecule has 1 N–H and O–H groups in total. The summed E-state index contributed by atoms with van der Waals surface area (Å²) >= 11 is 0. The van der Waals surface area contributed by atoms with Crippen molar-refractivity contribution in [1.82, 2.24) is 15.4 Å². The molecule has 210 valence electrons. The van der Waals surface area contributed by atoms with Crippen LogP contribution in [0.5, 0.6) is 0 Å². The number of anilines is 1. The zero-order valence-electron chi connectivity index (χ0n) is 22.4. The molecule has 1 amide bonds. The van der Waals surface area contributed by atoms with Crippen LogP contribution in [0.4, 0.5) is 5.82 Å². The second-order valence-corrected chi connectivity index (χ2v) is 9.91. The van der Waals surface area contributed by atoms with Gasteiger partial charge in [-0.05, 0) is 25.0 Å². The van der Waals surface area contributed by atoms with E-state index in [1.165, 1.54) is 64.0 Å². The molecule has 10 nitrogen and oxygen atoms in total. The van der Waals surface area contributed by atoms with Crippen molar-refractivity contribution in [1.29, 1.82) is 0 Å². The summed E-state index contributed by atoms with van der Waals surface area (Å²) in [5, 5.41) is 25.4. The summed E-state index contributed by atoms with van der Waals surface area (Å²) < 4.78 is 0. The summed E-state index contributed by atoms with van der Waals surface area (Å²) in [5.74, 6) is 0.351. The van der Waals surface area contributed by atoms with Gasteiger partial charge in [0.2, 0.25) is 5.91 Å². The summed E-state index contributed by atoms with van der Waals surface area (Å²) in [6.45, 7) is 4.09. The van der Waals surface area contributed by atoms with E-state index in [1.807, 2.05) is 6.07 Å². The van der Waals surface area contributed by atoms with Gasteiger partial charge in [0.1, 0.15) is 5.82 Å². The van der Waals surface area contributed by atoms with E-state index < -0.39 is 11.0 Å². The van der Waals surface area contributed by atoms with E-state index in [1.54, 1.807) is 6.07 Å². The maximum absolute atomic E-state index is 12.4. The summed E-state index contributed by atoms with van der Waals surface area (Å²) in [4.78, 5) is 33.3. The first kappa shape index (κ1) is 30.8. The van der Waals surface area contributed by atoms with Crippen molar-refractivity contribution in [2.45, 2.75) is 96.3 Å². The molecule has 2 heterocycles. The van der Waals surface area contributed by atoms with Gasteiger partial charge in [-0.15, -0.1) is 10.1 Å². The maximum atomic E-state index is 12.4. The molecular weight excluding hydrogens is 474 g/mol. The van der Waals surface area contributed by atoms with E-state index in [0.717, 1.165) is 70.5 Å². The Bertz CT molecular complexity index is 743. The molecule has 1 saturated heterocycles. The van der Waals surface area contributed by atoms with Crippen LogP contribution in [0.2, 0.25) is 0 Å². The third-order valence-corrected chi connectivity index (χ3v) is 6.86. The standard InChI is InChI=1S/C27H46N5O5/c33-27(25-16-17-26(29-24-25)30-21-18-28-19-22-30)31(34)20-14-12-10-8-6-4-2-1-3-5-7-9-11-13-15-23-37-32(35)36/h16-17,24,28H,1-15,18-23H2/q-1. The molecule has 0 radical (unpaired) electrons. The van der Waals surface area contributed by atoms with Crippen molar-refractivity contribution in [3.63, 3.8) is 0 Å². The third-order valence-electron chi connectivity index (χ3n) is 6.86. The number of unbranched alkanes of at least 4 members (excludes halogenated alkanes) is 14. The van der Waals surface area contributed by atoms with Crippen molar-refractivity contribution in [2.24, 2.45) is 0 Å². The molecule has 1 aliphatic heterocycles. The fourth-order valence-corrected chi connectivity index (χ4v) is 4.63. The number of rotatable bonds is 21. The smallest absolute Gasteiger partial charge is 0.294 e. The maximum Gasteiger partial charge on any atom is 0.294 e. The molecule has 0 aromatic carbocycles. The topological polar surface area (TPSA) is 124 Å². The molecular formula is C27H46N5O5-. The predicted octanol–water partition coefficient (Wildman–Crippen LogP) is 5.49. The molecule has 0 aliphatic carbocycles. The van der Waals surface area contributed by atoms with Gasteiger partial charge in [-0.2, -0.15) is 0 Å². The van der Waals surface area contributed by atoms with Gasteiger partial charge in [-0.3, -0.25) is 4.79 Å². The molecule has 10 heteroatoms. The van der Waals surface area contributed by atoms with E-state index in [0.29, 0.717) is 10.6 Å². The molecule has 1 aromatic heterocycles. The van der Waals surface area contributed by atoms with Crippen LogP contribution >= 0.6 is 0 Å². The lowest BCUT2D eigenvalue weighted by Gasteiger charge is -2.29. The Hall–Kier alpha value is -2.46. The molecule has 1 fully saturated rings. The highest BCUT2D eigenvalue weighted by Crippen LogP contribution is 2.15. The van der Waals surface area contributed by atoms with Gasteiger partial charge in [-0.25, -0.2) is 4.98 Å². The summed E-state index contributed by atoms with van der Waals surface area (Å²) in [6, 6.07) is 3.54. The largest absolute Gasteiger partial charge is 0.756 e. The summed E-state index contributed by atoms with van der Waals surface area (Å²) in [5.41, 5.74) is 0.356. The molecule has 0 atom stereocenters. The van der Waals surface area contributed by atoms with E-state index in [-0.39, 0.29) is 13.2 Å². The SMILES string of the molecule is O=C(c1ccc(N2CCNCC2)nc1)N([O-])CCCCCCCCCCCCCCCCCO[N+](=O)[O-]. The predicted molar refractivity (Wildman–Crippen MR) is 146 cm³/mol. The highest BCUT2D eigenvalue weighted by molar-refractivity contribution is 5.94. The molecule has 1 aromatic rings. The summed E-state index contributed by atoms with van der Waals surface area (Å²) in [7, 11) is 0. The van der Waals surface area contributed by atoms with Crippen molar-refractivity contribution in [2.75, 3.05) is 44.2 Å².